The summed E-state index contributed by atoms with van der Waals surface area (Å²) in [6.07, 6.45) is 0. The molecular formula is C30H42O6. The second-order valence-corrected chi connectivity index (χ2v) is 9.38. The molecule has 0 spiro atoms. The summed E-state index contributed by atoms with van der Waals surface area (Å²) in [5.41, 5.74) is 3.99. The highest BCUT2D eigenvalue weighted by molar-refractivity contribution is 5.49. The van der Waals surface area contributed by atoms with Crippen molar-refractivity contribution in [1.82, 2.24) is 0 Å². The van der Waals surface area contributed by atoms with Gasteiger partial charge in [-0.1, -0.05) is 59.7 Å². The van der Waals surface area contributed by atoms with E-state index in [-0.39, 0.29) is 18.1 Å². The molecule has 0 atom stereocenters. The third-order valence-corrected chi connectivity index (χ3v) is 5.66. The fourth-order valence-electron chi connectivity index (χ4n) is 3.21. The molecule has 0 aliphatic rings. The number of benzene rings is 3. The van der Waals surface area contributed by atoms with Crippen LogP contribution in [0.4, 0.5) is 0 Å². The van der Waals surface area contributed by atoms with E-state index in [1.165, 1.54) is 18.2 Å². The Morgan fingerprint density at radius 3 is 1.53 bits per heavy atom. The number of phenolic OH excluding ortho intramolecular Hbond substituents is 2. The van der Waals surface area contributed by atoms with Crippen molar-refractivity contribution >= 4 is 0 Å². The van der Waals surface area contributed by atoms with Crippen LogP contribution in [0.1, 0.15) is 81.5 Å². The molecule has 0 aliphatic heterocycles. The number of aliphatic hydroxyl groups excluding tert-OH is 1. The van der Waals surface area contributed by atoms with Crippen LogP contribution in [-0.2, 0) is 6.61 Å². The summed E-state index contributed by atoms with van der Waals surface area (Å²) in [6, 6.07) is 16.3. The van der Waals surface area contributed by atoms with Crippen molar-refractivity contribution in [2.75, 3.05) is 14.2 Å². The molecule has 3 aromatic carbocycles. The number of hydrogen-bond acceptors (Lipinski definition) is 6. The van der Waals surface area contributed by atoms with Gasteiger partial charge in [0.1, 0.15) is 5.75 Å². The number of aliphatic hydroxyl groups is 1. The standard InChI is InChI=1S/C11H16O3.C10H14O2.C9H12O/c1-7(2)8-4-9(6-12)11(13)10(5-8)14-3;1-7(2)8-4-5-9(11)10(6-8)12-3;1-7(2)8-3-5-9(10)6-4-8/h4-5,7,12-13H,6H2,1-3H3;4-7,11H,1-3H3;3-7,10H,1-2H3. The molecule has 0 heterocycles. The molecule has 3 rings (SSSR count). The predicted molar refractivity (Wildman–Crippen MR) is 146 cm³/mol. The van der Waals surface area contributed by atoms with E-state index in [0.29, 0.717) is 40.6 Å². The topological polar surface area (TPSA) is 99.4 Å². The van der Waals surface area contributed by atoms with Crippen molar-refractivity contribution in [3.63, 3.8) is 0 Å². The Labute approximate surface area is 215 Å². The molecule has 0 aliphatic carbocycles. The number of rotatable bonds is 6. The molecule has 4 N–H and O–H groups in total. The monoisotopic (exact) mass is 498 g/mol. The molecule has 0 bridgehead atoms. The Morgan fingerprint density at radius 2 is 1.08 bits per heavy atom. The van der Waals surface area contributed by atoms with Crippen molar-refractivity contribution in [1.29, 1.82) is 0 Å². The lowest BCUT2D eigenvalue weighted by atomic mass is 10.00. The van der Waals surface area contributed by atoms with Gasteiger partial charge in [0.15, 0.2) is 23.0 Å². The molecule has 0 amide bonds. The zero-order valence-corrected chi connectivity index (χ0v) is 22.7. The minimum absolute atomic E-state index is 0.0272. The summed E-state index contributed by atoms with van der Waals surface area (Å²) in [6.45, 7) is 12.4. The van der Waals surface area contributed by atoms with Crippen molar-refractivity contribution in [2.24, 2.45) is 0 Å². The van der Waals surface area contributed by atoms with E-state index < -0.39 is 0 Å². The zero-order chi connectivity index (χ0) is 27.4. The highest BCUT2D eigenvalue weighted by atomic mass is 16.5. The van der Waals surface area contributed by atoms with Crippen LogP contribution in [0.15, 0.2) is 54.6 Å². The highest BCUT2D eigenvalue weighted by Crippen LogP contribution is 2.34. The lowest BCUT2D eigenvalue weighted by Gasteiger charge is -2.12. The summed E-state index contributed by atoms with van der Waals surface area (Å²) in [5, 5.41) is 36.9. The summed E-state index contributed by atoms with van der Waals surface area (Å²) in [5.74, 6) is 2.86. The fraction of sp³-hybridized carbons (Fsp3) is 0.400. The van der Waals surface area contributed by atoms with Crippen molar-refractivity contribution in [2.45, 2.75) is 65.9 Å². The van der Waals surface area contributed by atoms with E-state index in [4.69, 9.17) is 19.7 Å². The van der Waals surface area contributed by atoms with Crippen LogP contribution >= 0.6 is 0 Å². The second kappa shape index (κ2) is 14.9. The zero-order valence-electron chi connectivity index (χ0n) is 22.7. The summed E-state index contributed by atoms with van der Waals surface area (Å²) >= 11 is 0. The maximum Gasteiger partial charge on any atom is 0.163 e. The summed E-state index contributed by atoms with van der Waals surface area (Å²) in [4.78, 5) is 0. The van der Waals surface area contributed by atoms with Gasteiger partial charge in [0.2, 0.25) is 0 Å². The highest BCUT2D eigenvalue weighted by Gasteiger charge is 2.11. The van der Waals surface area contributed by atoms with Gasteiger partial charge in [-0.3, -0.25) is 0 Å². The van der Waals surface area contributed by atoms with Crippen molar-refractivity contribution in [3.05, 3.63) is 76.9 Å². The van der Waals surface area contributed by atoms with Crippen molar-refractivity contribution < 1.29 is 29.9 Å². The molecule has 198 valence electrons. The molecule has 0 saturated carbocycles. The van der Waals surface area contributed by atoms with Gasteiger partial charge < -0.3 is 29.9 Å². The van der Waals surface area contributed by atoms with Gasteiger partial charge in [0.25, 0.3) is 0 Å². The summed E-state index contributed by atoms with van der Waals surface area (Å²) in [7, 11) is 3.06. The maximum absolute atomic E-state index is 9.61. The predicted octanol–water partition coefficient (Wildman–Crippen LogP) is 7.06. The molecule has 0 radical (unpaired) electrons. The number of methoxy groups -OCH3 is 2. The lowest BCUT2D eigenvalue weighted by molar-refractivity contribution is 0.272. The fourth-order valence-corrected chi connectivity index (χ4v) is 3.21. The first-order chi connectivity index (χ1) is 16.9. The molecule has 0 unspecified atom stereocenters. The minimum Gasteiger partial charge on any atom is -0.508 e. The van der Waals surface area contributed by atoms with Gasteiger partial charge in [-0.15, -0.1) is 0 Å². The number of hydrogen-bond donors (Lipinski definition) is 4. The van der Waals surface area contributed by atoms with Gasteiger partial charge in [-0.05, 0) is 70.8 Å². The van der Waals surface area contributed by atoms with Crippen LogP contribution in [0.3, 0.4) is 0 Å². The molecule has 36 heavy (non-hydrogen) atoms. The largest absolute Gasteiger partial charge is 0.508 e. The average molecular weight is 499 g/mol. The van der Waals surface area contributed by atoms with Crippen LogP contribution in [0.5, 0.6) is 28.7 Å². The quantitative estimate of drug-likeness (QED) is 0.290. The number of phenols is 3. The second-order valence-electron chi connectivity index (χ2n) is 9.38. The van der Waals surface area contributed by atoms with E-state index in [9.17, 15) is 10.2 Å². The van der Waals surface area contributed by atoms with Crippen molar-refractivity contribution in [3.8, 4) is 28.7 Å². The SMILES string of the molecule is CC(C)c1ccc(O)cc1.COc1cc(C(C)C)cc(CO)c1O.COc1cc(C(C)C)ccc1O. The molecule has 3 aromatic rings. The van der Waals surface area contributed by atoms with E-state index in [0.717, 1.165) is 5.56 Å². The molecule has 0 saturated heterocycles. The average Bonchev–Trinajstić information content (AvgIpc) is 2.85. The Bertz CT molecular complexity index is 1030. The minimum atomic E-state index is -0.178. The normalized spacial score (nSPS) is 10.4. The van der Waals surface area contributed by atoms with E-state index >= 15 is 0 Å². The first kappa shape index (κ1) is 30.7. The van der Waals surface area contributed by atoms with E-state index in [2.05, 4.69) is 27.7 Å². The molecule has 6 heteroatoms. The molecule has 0 fully saturated rings. The first-order valence-electron chi connectivity index (χ1n) is 12.1. The molecular weight excluding hydrogens is 456 g/mol. The first-order valence-corrected chi connectivity index (χ1v) is 12.1. The van der Waals surface area contributed by atoms with Gasteiger partial charge in [-0.2, -0.15) is 0 Å². The van der Waals surface area contributed by atoms with Crippen LogP contribution in [-0.4, -0.2) is 34.6 Å². The molecule has 0 aromatic heterocycles. The lowest BCUT2D eigenvalue weighted by Crippen LogP contribution is -1.95. The Hall–Kier alpha value is -3.38. The van der Waals surface area contributed by atoms with E-state index in [1.54, 1.807) is 37.4 Å². The Balaban J connectivity index is 0.000000274. The number of ether oxygens (including phenoxy) is 2. The Kier molecular flexibility index (Phi) is 12.7. The van der Waals surface area contributed by atoms with Crippen LogP contribution in [0.25, 0.3) is 0 Å². The molecule has 6 nitrogen and oxygen atoms in total. The number of aromatic hydroxyl groups is 3. The van der Waals surface area contributed by atoms with Crippen LogP contribution < -0.4 is 9.47 Å². The van der Waals surface area contributed by atoms with Gasteiger partial charge >= 0.3 is 0 Å². The maximum atomic E-state index is 9.61. The van der Waals surface area contributed by atoms with Crippen LogP contribution in [0, 0.1) is 0 Å². The van der Waals surface area contributed by atoms with E-state index in [1.807, 2.05) is 38.1 Å². The smallest absolute Gasteiger partial charge is 0.163 e. The third kappa shape index (κ3) is 9.34. The van der Waals surface area contributed by atoms with Gasteiger partial charge in [-0.25, -0.2) is 0 Å². The van der Waals surface area contributed by atoms with Gasteiger partial charge in [0.05, 0.1) is 20.8 Å². The van der Waals surface area contributed by atoms with Gasteiger partial charge in [0, 0.05) is 5.56 Å². The van der Waals surface area contributed by atoms with Crippen LogP contribution in [0.2, 0.25) is 0 Å². The summed E-state index contributed by atoms with van der Waals surface area (Å²) < 4.78 is 10.0. The third-order valence-electron chi connectivity index (χ3n) is 5.66. The Morgan fingerprint density at radius 1 is 0.611 bits per heavy atom.